The topological polar surface area (TPSA) is 70.1 Å². The molecule has 0 saturated heterocycles. The molecule has 1 aromatic heterocycles. The molecule has 2 rings (SSSR count). The molecule has 1 heterocycles. The Balaban J connectivity index is 2.42. The van der Waals surface area contributed by atoms with Crippen molar-refractivity contribution >= 4 is 5.78 Å². The Labute approximate surface area is 107 Å². The molecule has 1 aliphatic rings. The van der Waals surface area contributed by atoms with Crippen LogP contribution in [0, 0.1) is 5.41 Å². The Morgan fingerprint density at radius 1 is 1.72 bits per heavy atom. The summed E-state index contributed by atoms with van der Waals surface area (Å²) in [7, 11) is 1.56. The minimum absolute atomic E-state index is 0.0590. The fourth-order valence-electron chi connectivity index (χ4n) is 2.73. The molecule has 1 saturated carbocycles. The monoisotopic (exact) mass is 251 g/mol. The van der Waals surface area contributed by atoms with E-state index in [0.29, 0.717) is 18.0 Å². The van der Waals surface area contributed by atoms with Crippen molar-refractivity contribution in [3.8, 4) is 5.75 Å². The molecule has 0 spiro atoms. The van der Waals surface area contributed by atoms with Crippen LogP contribution in [-0.2, 0) is 6.54 Å². The van der Waals surface area contributed by atoms with Crippen molar-refractivity contribution < 1.29 is 9.53 Å². The Bertz CT molecular complexity index is 434. The summed E-state index contributed by atoms with van der Waals surface area (Å²) in [5.74, 6) is 0.603. The van der Waals surface area contributed by atoms with Crippen LogP contribution in [0.4, 0.5) is 0 Å². The van der Waals surface area contributed by atoms with E-state index in [1.54, 1.807) is 18.0 Å². The second kappa shape index (κ2) is 4.72. The lowest BCUT2D eigenvalue weighted by Gasteiger charge is -2.27. The Morgan fingerprint density at radius 2 is 2.44 bits per heavy atom. The van der Waals surface area contributed by atoms with Gasteiger partial charge in [0.25, 0.3) is 0 Å². The molecular weight excluding hydrogens is 230 g/mol. The first-order valence-electron chi connectivity index (χ1n) is 6.44. The number of rotatable bonds is 4. The molecule has 2 atom stereocenters. The summed E-state index contributed by atoms with van der Waals surface area (Å²) in [6.45, 7) is 4.56. The van der Waals surface area contributed by atoms with Crippen molar-refractivity contribution in [2.24, 2.45) is 11.1 Å². The number of aromatic nitrogens is 2. The molecule has 1 fully saturated rings. The summed E-state index contributed by atoms with van der Waals surface area (Å²) in [6.07, 6.45) is 4.35. The zero-order valence-electron chi connectivity index (χ0n) is 11.3. The van der Waals surface area contributed by atoms with Crippen molar-refractivity contribution in [1.82, 2.24) is 9.78 Å². The van der Waals surface area contributed by atoms with Gasteiger partial charge in [-0.1, -0.05) is 13.3 Å². The predicted molar refractivity (Wildman–Crippen MR) is 68.7 cm³/mol. The van der Waals surface area contributed by atoms with Crippen molar-refractivity contribution in [2.45, 2.75) is 45.7 Å². The molecule has 5 nitrogen and oxygen atoms in total. The van der Waals surface area contributed by atoms with Gasteiger partial charge in [0, 0.05) is 18.0 Å². The van der Waals surface area contributed by atoms with Crippen LogP contribution in [-0.4, -0.2) is 28.7 Å². The molecule has 2 N–H and O–H groups in total. The first kappa shape index (κ1) is 13.1. The maximum atomic E-state index is 12.8. The van der Waals surface area contributed by atoms with E-state index >= 15 is 0 Å². The second-order valence-electron chi connectivity index (χ2n) is 5.12. The maximum absolute atomic E-state index is 12.8. The van der Waals surface area contributed by atoms with Gasteiger partial charge in [0.05, 0.1) is 13.3 Å². The third-order valence-electron chi connectivity index (χ3n) is 4.09. The summed E-state index contributed by atoms with van der Waals surface area (Å²) in [5.41, 5.74) is 6.18. The summed E-state index contributed by atoms with van der Waals surface area (Å²) in [6, 6.07) is -0.0742. The van der Waals surface area contributed by atoms with Crippen molar-refractivity contribution in [3.63, 3.8) is 0 Å². The van der Waals surface area contributed by atoms with Gasteiger partial charge in [0.2, 0.25) is 0 Å². The van der Waals surface area contributed by atoms with E-state index < -0.39 is 5.41 Å². The van der Waals surface area contributed by atoms with Gasteiger partial charge in [0.15, 0.2) is 11.5 Å². The number of ether oxygens (including phenoxy) is 1. The van der Waals surface area contributed by atoms with Gasteiger partial charge < -0.3 is 10.5 Å². The normalized spacial score (nSPS) is 27.4. The second-order valence-corrected chi connectivity index (χ2v) is 5.12. The summed E-state index contributed by atoms with van der Waals surface area (Å²) in [5, 5.41) is 4.18. The minimum Gasteiger partial charge on any atom is -0.493 e. The average molecular weight is 251 g/mol. The van der Waals surface area contributed by atoms with Gasteiger partial charge in [-0.3, -0.25) is 9.48 Å². The molecule has 0 amide bonds. The molecule has 0 aromatic carbocycles. The molecule has 5 heteroatoms. The standard InChI is InChI=1S/C13H21N3O2/c1-4-16-11(9(18-3)8-15-16)12(17)13(2)7-5-6-10(13)14/h8,10H,4-7,14H2,1-3H3. The van der Waals surface area contributed by atoms with E-state index in [2.05, 4.69) is 5.10 Å². The van der Waals surface area contributed by atoms with E-state index in [4.69, 9.17) is 10.5 Å². The van der Waals surface area contributed by atoms with Gasteiger partial charge in [-0.2, -0.15) is 5.10 Å². The molecule has 1 aromatic rings. The number of hydrogen-bond donors (Lipinski definition) is 1. The van der Waals surface area contributed by atoms with Gasteiger partial charge in [0.1, 0.15) is 5.69 Å². The van der Waals surface area contributed by atoms with E-state index in [-0.39, 0.29) is 11.8 Å². The van der Waals surface area contributed by atoms with E-state index in [9.17, 15) is 4.79 Å². The van der Waals surface area contributed by atoms with E-state index in [0.717, 1.165) is 19.3 Å². The Kier molecular flexibility index (Phi) is 3.43. The lowest BCUT2D eigenvalue weighted by Crippen LogP contribution is -2.42. The molecule has 0 bridgehead atoms. The van der Waals surface area contributed by atoms with Crippen LogP contribution >= 0.6 is 0 Å². The highest BCUT2D eigenvalue weighted by Gasteiger charge is 2.45. The summed E-state index contributed by atoms with van der Waals surface area (Å²) >= 11 is 0. The lowest BCUT2D eigenvalue weighted by atomic mass is 9.79. The first-order chi connectivity index (χ1) is 8.54. The van der Waals surface area contributed by atoms with Crippen LogP contribution in [0.2, 0.25) is 0 Å². The number of carbonyl (C=O) groups is 1. The minimum atomic E-state index is -0.486. The molecule has 0 radical (unpaired) electrons. The van der Waals surface area contributed by atoms with Crippen molar-refractivity contribution in [2.75, 3.05) is 7.11 Å². The van der Waals surface area contributed by atoms with Gasteiger partial charge in [-0.05, 0) is 19.8 Å². The number of aryl methyl sites for hydroxylation is 1. The summed E-state index contributed by atoms with van der Waals surface area (Å²) < 4.78 is 6.94. The van der Waals surface area contributed by atoms with Crippen LogP contribution in [0.5, 0.6) is 5.75 Å². The average Bonchev–Trinajstić information content (AvgIpc) is 2.93. The van der Waals surface area contributed by atoms with Gasteiger partial charge >= 0.3 is 0 Å². The molecular formula is C13H21N3O2. The maximum Gasteiger partial charge on any atom is 0.192 e. The highest BCUT2D eigenvalue weighted by atomic mass is 16.5. The zero-order chi connectivity index (χ0) is 13.3. The smallest absolute Gasteiger partial charge is 0.192 e. The number of methoxy groups -OCH3 is 1. The highest BCUT2D eigenvalue weighted by molar-refractivity contribution is 6.01. The van der Waals surface area contributed by atoms with E-state index in [1.165, 1.54) is 0 Å². The van der Waals surface area contributed by atoms with Gasteiger partial charge in [-0.25, -0.2) is 0 Å². The Hall–Kier alpha value is -1.36. The molecule has 18 heavy (non-hydrogen) atoms. The highest BCUT2D eigenvalue weighted by Crippen LogP contribution is 2.41. The fourth-order valence-corrected chi connectivity index (χ4v) is 2.73. The van der Waals surface area contributed by atoms with Crippen LogP contribution in [0.25, 0.3) is 0 Å². The molecule has 100 valence electrons. The number of nitrogens with two attached hydrogens (primary N) is 1. The Morgan fingerprint density at radius 3 is 2.94 bits per heavy atom. The van der Waals surface area contributed by atoms with Crippen LogP contribution < -0.4 is 10.5 Å². The quantitative estimate of drug-likeness (QED) is 0.825. The first-order valence-corrected chi connectivity index (χ1v) is 6.44. The number of Topliss-reactive ketones (excluding diaryl/α,β-unsaturated/α-hetero) is 1. The van der Waals surface area contributed by atoms with E-state index in [1.807, 2.05) is 13.8 Å². The van der Waals surface area contributed by atoms with Crippen molar-refractivity contribution in [3.05, 3.63) is 11.9 Å². The number of nitrogens with zero attached hydrogens (tertiary/aromatic N) is 2. The molecule has 1 aliphatic carbocycles. The molecule has 2 unspecified atom stereocenters. The summed E-state index contributed by atoms with van der Waals surface area (Å²) in [4.78, 5) is 12.8. The fraction of sp³-hybridized carbons (Fsp3) is 0.692. The number of ketones is 1. The van der Waals surface area contributed by atoms with Crippen LogP contribution in [0.3, 0.4) is 0 Å². The SMILES string of the molecule is CCn1ncc(OC)c1C(=O)C1(C)CCCC1N. The third kappa shape index (κ3) is 1.82. The van der Waals surface area contributed by atoms with Gasteiger partial charge in [-0.15, -0.1) is 0 Å². The zero-order valence-corrected chi connectivity index (χ0v) is 11.3. The van der Waals surface area contributed by atoms with Crippen LogP contribution in [0.15, 0.2) is 6.20 Å². The van der Waals surface area contributed by atoms with Crippen LogP contribution in [0.1, 0.15) is 43.6 Å². The predicted octanol–water partition coefficient (Wildman–Crippen LogP) is 1.61. The molecule has 0 aliphatic heterocycles. The van der Waals surface area contributed by atoms with Crippen molar-refractivity contribution in [1.29, 1.82) is 0 Å². The largest absolute Gasteiger partial charge is 0.493 e. The number of hydrogen-bond acceptors (Lipinski definition) is 4. The number of carbonyl (C=O) groups excluding carboxylic acids is 1. The third-order valence-corrected chi connectivity index (χ3v) is 4.09. The lowest BCUT2D eigenvalue weighted by molar-refractivity contribution is 0.0787.